The normalized spacial score (nSPS) is 12.7. The molecule has 6 nitrogen and oxygen atoms in total. The van der Waals surface area contributed by atoms with Gasteiger partial charge in [0.15, 0.2) is 6.10 Å². The minimum Gasteiger partial charge on any atom is -0.462 e. The van der Waals surface area contributed by atoms with Gasteiger partial charge in [-0.3, -0.25) is 14.4 Å². The highest BCUT2D eigenvalue weighted by Gasteiger charge is 2.19. The van der Waals surface area contributed by atoms with Crippen molar-refractivity contribution in [1.29, 1.82) is 0 Å². The Kier molecular flexibility index (Phi) is 51.4. The number of carbonyl (C=O) groups is 3. The molecule has 0 aliphatic carbocycles. The molecule has 0 aliphatic rings. The van der Waals surface area contributed by atoms with E-state index in [1.807, 2.05) is 0 Å². The van der Waals surface area contributed by atoms with Gasteiger partial charge in [0.1, 0.15) is 13.2 Å². The minimum atomic E-state index is -0.792. The second kappa shape index (κ2) is 54.2. The Morgan fingerprint density at radius 1 is 0.318 bits per heavy atom. The van der Waals surface area contributed by atoms with Crippen molar-refractivity contribution in [2.75, 3.05) is 13.2 Å². The summed E-state index contributed by atoms with van der Waals surface area (Å²) in [6, 6.07) is 0. The standard InChI is InChI=1S/C60H102O6/c1-4-7-10-13-16-19-22-24-26-27-28-29-30-31-32-33-35-36-38-41-44-47-50-53-59(62)65-56-57(55-64-58(61)52-49-46-43-40-21-18-15-12-9-6-3)66-60(63)54-51-48-45-42-39-37-34-25-23-20-17-14-11-8-5-2/h8,11-12,15,17,20,22,24-25,27-28,30-31,34,57H,4-7,9-10,13-14,16,18-19,21,23,26,29,32-33,35-56H2,1-3H3/b11-8-,15-12-,20-17-,24-22-,28-27-,31-30-,34-25-. The number of ether oxygens (including phenoxy) is 3. The first kappa shape index (κ1) is 62.6. The number of carbonyl (C=O) groups excluding carboxylic acids is 3. The van der Waals surface area contributed by atoms with E-state index in [0.717, 1.165) is 135 Å². The SMILES string of the molecule is CC/C=C\C/C=C\C/C=C\CCCCCCCC(=O)OC(COC(=O)CCCCCCC/C=C\CCC)COC(=O)CCCCCCCCCC/C=C\C/C=C\C/C=C\CCCCCCC. The maximum Gasteiger partial charge on any atom is 0.306 e. The van der Waals surface area contributed by atoms with Crippen molar-refractivity contribution in [1.82, 2.24) is 0 Å². The fourth-order valence-electron chi connectivity index (χ4n) is 7.47. The minimum absolute atomic E-state index is 0.0907. The van der Waals surface area contributed by atoms with Crippen LogP contribution >= 0.6 is 0 Å². The summed E-state index contributed by atoms with van der Waals surface area (Å²) in [5.74, 6) is -0.924. The maximum atomic E-state index is 12.8. The number of hydrogen-bond acceptors (Lipinski definition) is 6. The second-order valence-corrected chi connectivity index (χ2v) is 18.1. The third-order valence-electron chi connectivity index (χ3n) is 11.6. The van der Waals surface area contributed by atoms with Crippen LogP contribution in [0, 0.1) is 0 Å². The fourth-order valence-corrected chi connectivity index (χ4v) is 7.47. The molecule has 6 heteroatoms. The topological polar surface area (TPSA) is 78.9 Å². The smallest absolute Gasteiger partial charge is 0.306 e. The molecule has 0 heterocycles. The summed E-state index contributed by atoms with van der Waals surface area (Å²) >= 11 is 0. The summed E-state index contributed by atoms with van der Waals surface area (Å²) in [5.41, 5.74) is 0. The molecule has 1 unspecified atom stereocenters. The van der Waals surface area contributed by atoms with Crippen molar-refractivity contribution in [3.63, 3.8) is 0 Å². The molecule has 66 heavy (non-hydrogen) atoms. The van der Waals surface area contributed by atoms with Gasteiger partial charge in [-0.25, -0.2) is 0 Å². The highest BCUT2D eigenvalue weighted by atomic mass is 16.6. The third-order valence-corrected chi connectivity index (χ3v) is 11.6. The summed E-state index contributed by atoms with van der Waals surface area (Å²) in [4.78, 5) is 38.0. The Bertz CT molecular complexity index is 1290. The van der Waals surface area contributed by atoms with Crippen LogP contribution in [0.25, 0.3) is 0 Å². The molecular weight excluding hydrogens is 817 g/mol. The lowest BCUT2D eigenvalue weighted by molar-refractivity contribution is -0.167. The van der Waals surface area contributed by atoms with Gasteiger partial charge in [0, 0.05) is 19.3 Å². The van der Waals surface area contributed by atoms with Gasteiger partial charge in [-0.15, -0.1) is 0 Å². The number of rotatable bonds is 49. The van der Waals surface area contributed by atoms with E-state index in [1.165, 1.54) is 83.5 Å². The molecule has 378 valence electrons. The van der Waals surface area contributed by atoms with Crippen LogP contribution in [0.3, 0.4) is 0 Å². The van der Waals surface area contributed by atoms with Crippen LogP contribution in [0.1, 0.15) is 258 Å². The molecule has 0 aliphatic heterocycles. The zero-order chi connectivity index (χ0) is 47.9. The van der Waals surface area contributed by atoms with Crippen molar-refractivity contribution in [3.8, 4) is 0 Å². The summed E-state index contributed by atoms with van der Waals surface area (Å²) in [6.07, 6.45) is 70.1. The number of hydrogen-bond donors (Lipinski definition) is 0. The van der Waals surface area contributed by atoms with Gasteiger partial charge in [0.2, 0.25) is 0 Å². The number of allylic oxidation sites excluding steroid dienone is 14. The van der Waals surface area contributed by atoms with E-state index in [2.05, 4.69) is 106 Å². The quantitative estimate of drug-likeness (QED) is 0.0262. The van der Waals surface area contributed by atoms with Crippen molar-refractivity contribution in [3.05, 3.63) is 85.1 Å². The van der Waals surface area contributed by atoms with Gasteiger partial charge < -0.3 is 14.2 Å². The summed E-state index contributed by atoms with van der Waals surface area (Å²) in [5, 5.41) is 0. The van der Waals surface area contributed by atoms with E-state index < -0.39 is 6.10 Å². The van der Waals surface area contributed by atoms with Gasteiger partial charge in [-0.1, -0.05) is 215 Å². The number of unbranched alkanes of at least 4 members (excludes halogenated alkanes) is 24. The molecule has 0 saturated heterocycles. The first-order valence-corrected chi connectivity index (χ1v) is 27.6. The molecule has 0 saturated carbocycles. The van der Waals surface area contributed by atoms with E-state index in [0.29, 0.717) is 19.3 Å². The monoisotopic (exact) mass is 919 g/mol. The van der Waals surface area contributed by atoms with Crippen LogP contribution in [0.2, 0.25) is 0 Å². The maximum absolute atomic E-state index is 12.8. The highest BCUT2D eigenvalue weighted by molar-refractivity contribution is 5.71. The summed E-state index contributed by atoms with van der Waals surface area (Å²) in [6.45, 7) is 6.43. The second-order valence-electron chi connectivity index (χ2n) is 18.1. The Morgan fingerprint density at radius 2 is 0.621 bits per heavy atom. The van der Waals surface area contributed by atoms with Crippen LogP contribution in [-0.2, 0) is 28.6 Å². The first-order valence-electron chi connectivity index (χ1n) is 27.6. The average Bonchev–Trinajstić information content (AvgIpc) is 3.31. The zero-order valence-electron chi connectivity index (χ0n) is 43.2. The van der Waals surface area contributed by atoms with E-state index in [1.54, 1.807) is 0 Å². The lowest BCUT2D eigenvalue weighted by Gasteiger charge is -2.18. The molecule has 1 atom stereocenters. The summed E-state index contributed by atoms with van der Waals surface area (Å²) < 4.78 is 16.8. The van der Waals surface area contributed by atoms with Crippen LogP contribution in [0.5, 0.6) is 0 Å². The van der Waals surface area contributed by atoms with Crippen molar-refractivity contribution >= 4 is 17.9 Å². The van der Waals surface area contributed by atoms with Gasteiger partial charge in [0.25, 0.3) is 0 Å². The van der Waals surface area contributed by atoms with E-state index >= 15 is 0 Å². The van der Waals surface area contributed by atoms with Crippen molar-refractivity contribution in [2.24, 2.45) is 0 Å². The molecule has 0 aromatic rings. The lowest BCUT2D eigenvalue weighted by Crippen LogP contribution is -2.30. The van der Waals surface area contributed by atoms with Gasteiger partial charge in [0.05, 0.1) is 0 Å². The Labute approximate surface area is 407 Å². The van der Waals surface area contributed by atoms with E-state index in [-0.39, 0.29) is 31.1 Å². The average molecular weight is 919 g/mol. The highest BCUT2D eigenvalue weighted by Crippen LogP contribution is 2.14. The van der Waals surface area contributed by atoms with Gasteiger partial charge in [-0.2, -0.15) is 0 Å². The fraction of sp³-hybridized carbons (Fsp3) is 0.717. The van der Waals surface area contributed by atoms with E-state index in [9.17, 15) is 14.4 Å². The predicted octanol–water partition coefficient (Wildman–Crippen LogP) is 18.4. The third kappa shape index (κ3) is 51.6. The molecule has 0 rings (SSSR count). The van der Waals surface area contributed by atoms with Crippen LogP contribution in [0.15, 0.2) is 85.1 Å². The van der Waals surface area contributed by atoms with Crippen LogP contribution in [-0.4, -0.2) is 37.2 Å². The Hall–Kier alpha value is -3.41. The van der Waals surface area contributed by atoms with Crippen molar-refractivity contribution in [2.45, 2.75) is 264 Å². The molecular formula is C60H102O6. The van der Waals surface area contributed by atoms with Gasteiger partial charge in [-0.05, 0) is 109 Å². The molecule has 0 amide bonds. The Balaban J connectivity index is 4.32. The molecule has 0 aromatic carbocycles. The molecule has 0 bridgehead atoms. The van der Waals surface area contributed by atoms with E-state index in [4.69, 9.17) is 14.2 Å². The largest absolute Gasteiger partial charge is 0.462 e. The number of esters is 3. The summed E-state index contributed by atoms with van der Waals surface area (Å²) in [7, 11) is 0. The van der Waals surface area contributed by atoms with Crippen LogP contribution < -0.4 is 0 Å². The molecule has 0 N–H and O–H groups in total. The predicted molar refractivity (Wildman–Crippen MR) is 284 cm³/mol. The van der Waals surface area contributed by atoms with Crippen molar-refractivity contribution < 1.29 is 28.6 Å². The first-order chi connectivity index (χ1) is 32.5. The molecule has 0 fully saturated rings. The molecule has 0 spiro atoms. The molecule has 0 radical (unpaired) electrons. The lowest BCUT2D eigenvalue weighted by atomic mass is 10.1. The zero-order valence-corrected chi connectivity index (χ0v) is 43.2. The Morgan fingerprint density at radius 3 is 1.00 bits per heavy atom. The van der Waals surface area contributed by atoms with Crippen LogP contribution in [0.4, 0.5) is 0 Å². The van der Waals surface area contributed by atoms with Gasteiger partial charge >= 0.3 is 17.9 Å². The molecule has 0 aromatic heterocycles.